The van der Waals surface area contributed by atoms with Gasteiger partial charge in [-0.15, -0.1) is 0 Å². The standard InChI is InChI=1S/C30H32N2O4/c1-5-21-8-10-23(11-9-21)27-26(29(34)30(35)32(27)17-22-7-6-14-31-16-22)28(33)24-12-13-25(20(4)15-24)36-18-19(2)3/h6-16,19,27,33H,5,17-18H2,1-4H3/t27-/m0/s1. The van der Waals surface area contributed by atoms with Crippen LogP contribution < -0.4 is 4.74 Å². The molecule has 0 unspecified atom stereocenters. The number of hydrogen-bond donors (Lipinski definition) is 1. The Kier molecular flexibility index (Phi) is 7.53. The van der Waals surface area contributed by atoms with Crippen molar-refractivity contribution in [2.75, 3.05) is 6.61 Å². The Morgan fingerprint density at radius 3 is 2.44 bits per heavy atom. The zero-order valence-corrected chi connectivity index (χ0v) is 21.2. The molecule has 4 rings (SSSR count). The summed E-state index contributed by atoms with van der Waals surface area (Å²) < 4.78 is 5.86. The molecule has 2 aromatic carbocycles. The van der Waals surface area contributed by atoms with E-state index in [1.165, 1.54) is 4.90 Å². The van der Waals surface area contributed by atoms with Gasteiger partial charge in [-0.2, -0.15) is 0 Å². The molecule has 0 saturated carbocycles. The van der Waals surface area contributed by atoms with Crippen LogP contribution in [0.3, 0.4) is 0 Å². The van der Waals surface area contributed by atoms with Crippen molar-refractivity contribution in [3.63, 3.8) is 0 Å². The maximum Gasteiger partial charge on any atom is 0.295 e. The molecule has 1 fully saturated rings. The van der Waals surface area contributed by atoms with Crippen LogP contribution in [0.4, 0.5) is 0 Å². The second-order valence-corrected chi connectivity index (χ2v) is 9.57. The number of aryl methyl sites for hydroxylation is 2. The Morgan fingerprint density at radius 1 is 1.08 bits per heavy atom. The largest absolute Gasteiger partial charge is 0.507 e. The molecule has 1 saturated heterocycles. The third-order valence-electron chi connectivity index (χ3n) is 6.34. The zero-order valence-electron chi connectivity index (χ0n) is 21.2. The SMILES string of the molecule is CCc1ccc([C@H]2C(=C(O)c3ccc(OCC(C)C)c(C)c3)C(=O)C(=O)N2Cc2cccnc2)cc1. The second kappa shape index (κ2) is 10.8. The molecule has 1 aliphatic heterocycles. The average Bonchev–Trinajstić information content (AvgIpc) is 3.13. The van der Waals surface area contributed by atoms with E-state index in [0.717, 1.165) is 34.4 Å². The molecular weight excluding hydrogens is 452 g/mol. The van der Waals surface area contributed by atoms with E-state index in [1.807, 2.05) is 37.3 Å². The molecule has 6 nitrogen and oxygen atoms in total. The lowest BCUT2D eigenvalue weighted by Gasteiger charge is -2.25. The average molecular weight is 485 g/mol. The van der Waals surface area contributed by atoms with Crippen molar-refractivity contribution in [1.82, 2.24) is 9.88 Å². The van der Waals surface area contributed by atoms with Gasteiger partial charge < -0.3 is 14.7 Å². The first kappa shape index (κ1) is 25.2. The monoisotopic (exact) mass is 484 g/mol. The number of rotatable bonds is 8. The van der Waals surface area contributed by atoms with Crippen molar-refractivity contribution in [1.29, 1.82) is 0 Å². The van der Waals surface area contributed by atoms with E-state index < -0.39 is 17.7 Å². The minimum atomic E-state index is -0.715. The molecular formula is C30H32N2O4. The molecule has 1 amide bonds. The number of Topliss-reactive ketones (excluding diaryl/α,β-unsaturated/α-hetero) is 1. The molecule has 0 radical (unpaired) electrons. The van der Waals surface area contributed by atoms with Gasteiger partial charge in [-0.05, 0) is 65.8 Å². The molecule has 3 aromatic rings. The molecule has 0 aliphatic carbocycles. The highest BCUT2D eigenvalue weighted by atomic mass is 16.5. The molecule has 0 spiro atoms. The van der Waals surface area contributed by atoms with E-state index >= 15 is 0 Å². The van der Waals surface area contributed by atoms with Crippen LogP contribution >= 0.6 is 0 Å². The van der Waals surface area contributed by atoms with E-state index in [0.29, 0.717) is 18.1 Å². The van der Waals surface area contributed by atoms with Gasteiger partial charge in [-0.1, -0.05) is 51.1 Å². The summed E-state index contributed by atoms with van der Waals surface area (Å²) in [5, 5.41) is 11.4. The molecule has 36 heavy (non-hydrogen) atoms. The third kappa shape index (κ3) is 5.18. The van der Waals surface area contributed by atoms with Crippen LogP contribution in [0.2, 0.25) is 0 Å². The van der Waals surface area contributed by atoms with Gasteiger partial charge in [0.25, 0.3) is 11.7 Å². The van der Waals surface area contributed by atoms with Gasteiger partial charge in [0.05, 0.1) is 18.2 Å². The third-order valence-corrected chi connectivity index (χ3v) is 6.34. The van der Waals surface area contributed by atoms with Crippen molar-refractivity contribution in [3.05, 3.63) is 100 Å². The van der Waals surface area contributed by atoms with Crippen LogP contribution in [0.25, 0.3) is 5.76 Å². The van der Waals surface area contributed by atoms with Crippen LogP contribution in [-0.2, 0) is 22.6 Å². The number of aliphatic hydroxyl groups excluding tert-OH is 1. The van der Waals surface area contributed by atoms with Crippen molar-refractivity contribution < 1.29 is 19.4 Å². The number of aromatic nitrogens is 1. The van der Waals surface area contributed by atoms with Crippen molar-refractivity contribution in [2.45, 2.75) is 46.7 Å². The highest BCUT2D eigenvalue weighted by molar-refractivity contribution is 6.46. The number of ketones is 1. The number of amides is 1. The maximum absolute atomic E-state index is 13.3. The first-order chi connectivity index (χ1) is 17.3. The van der Waals surface area contributed by atoms with Gasteiger partial charge in [0.2, 0.25) is 0 Å². The summed E-state index contributed by atoms with van der Waals surface area (Å²) in [6.45, 7) is 8.91. The minimum absolute atomic E-state index is 0.0865. The summed E-state index contributed by atoms with van der Waals surface area (Å²) >= 11 is 0. The molecule has 2 heterocycles. The van der Waals surface area contributed by atoms with Crippen molar-refractivity contribution in [3.8, 4) is 5.75 Å². The predicted molar refractivity (Wildman–Crippen MR) is 139 cm³/mol. The zero-order chi connectivity index (χ0) is 25.8. The Morgan fingerprint density at radius 2 is 1.83 bits per heavy atom. The fourth-order valence-electron chi connectivity index (χ4n) is 4.38. The van der Waals surface area contributed by atoms with Gasteiger partial charge >= 0.3 is 0 Å². The van der Waals surface area contributed by atoms with Crippen LogP contribution in [0.1, 0.15) is 54.6 Å². The molecule has 1 N–H and O–H groups in total. The Balaban J connectivity index is 1.79. The number of likely N-dealkylation sites (tertiary alicyclic amines) is 1. The number of pyridine rings is 1. The lowest BCUT2D eigenvalue weighted by atomic mass is 9.94. The van der Waals surface area contributed by atoms with Crippen LogP contribution in [0.5, 0.6) is 5.75 Å². The van der Waals surface area contributed by atoms with Crippen LogP contribution in [0.15, 0.2) is 72.6 Å². The second-order valence-electron chi connectivity index (χ2n) is 9.57. The number of aliphatic hydroxyl groups is 1. The quantitative estimate of drug-likeness (QED) is 0.255. The Labute approximate surface area is 212 Å². The molecule has 1 atom stereocenters. The summed E-state index contributed by atoms with van der Waals surface area (Å²) in [6, 6.07) is 16.1. The smallest absolute Gasteiger partial charge is 0.295 e. The van der Waals surface area contributed by atoms with E-state index in [9.17, 15) is 14.7 Å². The van der Waals surface area contributed by atoms with Gasteiger partial charge in [-0.3, -0.25) is 14.6 Å². The van der Waals surface area contributed by atoms with E-state index in [-0.39, 0.29) is 17.9 Å². The summed E-state index contributed by atoms with van der Waals surface area (Å²) in [5.74, 6) is -0.418. The Bertz CT molecular complexity index is 1280. The maximum atomic E-state index is 13.3. The van der Waals surface area contributed by atoms with Gasteiger partial charge in [0, 0.05) is 24.5 Å². The lowest BCUT2D eigenvalue weighted by molar-refractivity contribution is -0.140. The first-order valence-corrected chi connectivity index (χ1v) is 12.3. The number of hydrogen-bond acceptors (Lipinski definition) is 5. The van der Waals surface area contributed by atoms with Crippen LogP contribution in [0, 0.1) is 12.8 Å². The van der Waals surface area contributed by atoms with E-state index in [2.05, 4.69) is 25.8 Å². The highest BCUT2D eigenvalue weighted by Crippen LogP contribution is 2.40. The number of carbonyl (C=O) groups is 2. The number of ether oxygens (including phenoxy) is 1. The summed E-state index contributed by atoms with van der Waals surface area (Å²) in [6.07, 6.45) is 4.21. The predicted octanol–water partition coefficient (Wildman–Crippen LogP) is 5.61. The summed E-state index contributed by atoms with van der Waals surface area (Å²) in [5.41, 5.74) is 4.12. The van der Waals surface area contributed by atoms with Gasteiger partial charge in [0.1, 0.15) is 11.5 Å². The summed E-state index contributed by atoms with van der Waals surface area (Å²) in [4.78, 5) is 32.2. The highest BCUT2D eigenvalue weighted by Gasteiger charge is 2.46. The van der Waals surface area contributed by atoms with Crippen LogP contribution in [-0.4, -0.2) is 33.3 Å². The number of carbonyl (C=O) groups excluding carboxylic acids is 2. The fraction of sp³-hybridized carbons (Fsp3) is 0.300. The van der Waals surface area contributed by atoms with Gasteiger partial charge in [-0.25, -0.2) is 0 Å². The number of nitrogens with zero attached hydrogens (tertiary/aromatic N) is 2. The topological polar surface area (TPSA) is 79.7 Å². The van der Waals surface area contributed by atoms with Crippen molar-refractivity contribution in [2.24, 2.45) is 5.92 Å². The molecule has 1 aromatic heterocycles. The number of benzene rings is 2. The van der Waals surface area contributed by atoms with Gasteiger partial charge in [0.15, 0.2) is 0 Å². The normalized spacial score (nSPS) is 17.1. The first-order valence-electron chi connectivity index (χ1n) is 12.3. The van der Waals surface area contributed by atoms with E-state index in [4.69, 9.17) is 4.74 Å². The fourth-order valence-corrected chi connectivity index (χ4v) is 4.38. The van der Waals surface area contributed by atoms with Crippen molar-refractivity contribution >= 4 is 17.4 Å². The van der Waals surface area contributed by atoms with E-state index in [1.54, 1.807) is 36.7 Å². The summed E-state index contributed by atoms with van der Waals surface area (Å²) in [7, 11) is 0. The molecule has 6 heteroatoms. The minimum Gasteiger partial charge on any atom is -0.507 e. The Hall–Kier alpha value is -3.93. The lowest BCUT2D eigenvalue weighted by Crippen LogP contribution is -2.29. The molecule has 186 valence electrons. The molecule has 0 bridgehead atoms. The molecule has 1 aliphatic rings.